The number of aryl methyl sites for hydroxylation is 3. The number of Topliss-reactive ketones (excluding diaryl/α,β-unsaturated/α-hetero) is 1. The van der Waals surface area contributed by atoms with Crippen LogP contribution in [0.5, 0.6) is 0 Å². The second kappa shape index (κ2) is 6.31. The predicted octanol–water partition coefficient (Wildman–Crippen LogP) is 3.62. The van der Waals surface area contributed by atoms with Crippen molar-refractivity contribution in [3.05, 3.63) is 34.4 Å². The predicted molar refractivity (Wildman–Crippen MR) is 87.9 cm³/mol. The molecule has 1 saturated heterocycles. The van der Waals surface area contributed by atoms with Gasteiger partial charge in [0.25, 0.3) is 0 Å². The highest BCUT2D eigenvalue weighted by atomic mass is 32.2. The summed E-state index contributed by atoms with van der Waals surface area (Å²) < 4.78 is 0. The fourth-order valence-electron chi connectivity index (χ4n) is 2.96. The lowest BCUT2D eigenvalue weighted by Gasteiger charge is -2.34. The van der Waals surface area contributed by atoms with E-state index in [0.29, 0.717) is 17.0 Å². The van der Waals surface area contributed by atoms with Crippen molar-refractivity contribution in [1.29, 1.82) is 0 Å². The van der Waals surface area contributed by atoms with E-state index in [9.17, 15) is 4.79 Å². The molecule has 2 atom stereocenters. The van der Waals surface area contributed by atoms with Gasteiger partial charge in [0.15, 0.2) is 5.78 Å². The number of thioether (sulfide) groups is 1. The summed E-state index contributed by atoms with van der Waals surface area (Å²) in [5, 5.41) is 1.24. The maximum atomic E-state index is 12.6. The van der Waals surface area contributed by atoms with Gasteiger partial charge in [0.05, 0.1) is 6.54 Å². The molecule has 0 amide bonds. The molecule has 2 nitrogen and oxygen atoms in total. The van der Waals surface area contributed by atoms with Crippen LogP contribution in [0.25, 0.3) is 0 Å². The van der Waals surface area contributed by atoms with Crippen molar-refractivity contribution in [1.82, 2.24) is 4.90 Å². The van der Waals surface area contributed by atoms with E-state index < -0.39 is 0 Å². The third-order valence-electron chi connectivity index (χ3n) is 4.00. The van der Waals surface area contributed by atoms with Gasteiger partial charge >= 0.3 is 0 Å². The summed E-state index contributed by atoms with van der Waals surface area (Å²) in [4.78, 5) is 14.9. The van der Waals surface area contributed by atoms with Crippen LogP contribution in [0.3, 0.4) is 0 Å². The van der Waals surface area contributed by atoms with Gasteiger partial charge in [-0.15, -0.1) is 0 Å². The lowest BCUT2D eigenvalue weighted by Crippen LogP contribution is -2.43. The van der Waals surface area contributed by atoms with Gasteiger partial charge in [-0.3, -0.25) is 9.69 Å². The Kier molecular flexibility index (Phi) is 4.92. The summed E-state index contributed by atoms with van der Waals surface area (Å²) in [5.41, 5.74) is 4.46. The molecule has 0 radical (unpaired) electrons. The van der Waals surface area contributed by atoms with Crippen molar-refractivity contribution < 1.29 is 4.79 Å². The fourth-order valence-corrected chi connectivity index (χ4v) is 4.35. The summed E-state index contributed by atoms with van der Waals surface area (Å²) in [7, 11) is 0. The lowest BCUT2D eigenvalue weighted by molar-refractivity contribution is 0.0929. The molecule has 20 heavy (non-hydrogen) atoms. The zero-order valence-corrected chi connectivity index (χ0v) is 14.0. The maximum absolute atomic E-state index is 12.6. The van der Waals surface area contributed by atoms with Crippen LogP contribution in [0.1, 0.15) is 40.9 Å². The third kappa shape index (κ3) is 3.64. The molecule has 3 heteroatoms. The van der Waals surface area contributed by atoms with E-state index in [1.165, 1.54) is 11.1 Å². The quantitative estimate of drug-likeness (QED) is 0.793. The lowest BCUT2D eigenvalue weighted by atomic mass is 9.98. The minimum absolute atomic E-state index is 0.261. The molecule has 2 rings (SSSR count). The van der Waals surface area contributed by atoms with Crippen molar-refractivity contribution in [2.45, 2.75) is 45.1 Å². The van der Waals surface area contributed by atoms with Gasteiger partial charge < -0.3 is 0 Å². The molecule has 110 valence electrons. The highest BCUT2D eigenvalue weighted by Crippen LogP contribution is 2.25. The van der Waals surface area contributed by atoms with Crippen LogP contribution < -0.4 is 0 Å². The minimum atomic E-state index is 0.261. The number of carbonyl (C=O) groups excluding carboxylic acids is 1. The van der Waals surface area contributed by atoms with Crippen LogP contribution in [0.2, 0.25) is 0 Å². The zero-order valence-electron chi connectivity index (χ0n) is 13.2. The summed E-state index contributed by atoms with van der Waals surface area (Å²) in [6.07, 6.45) is 0. The Morgan fingerprint density at radius 3 is 2.25 bits per heavy atom. The van der Waals surface area contributed by atoms with Crippen LogP contribution >= 0.6 is 11.8 Å². The van der Waals surface area contributed by atoms with Gasteiger partial charge in [-0.2, -0.15) is 11.8 Å². The number of benzene rings is 1. The normalized spacial score (nSPS) is 23.9. The van der Waals surface area contributed by atoms with Crippen LogP contribution in [0.15, 0.2) is 12.1 Å². The van der Waals surface area contributed by atoms with Crippen LogP contribution in [0.4, 0.5) is 0 Å². The standard InChI is InChI=1S/C17H25NOS/c1-11-6-13(3)16(7-12(11)2)17(19)10-18-8-14(4)20-15(5)9-18/h6-7,14-15H,8-10H2,1-5H3. The van der Waals surface area contributed by atoms with Gasteiger partial charge in [-0.05, 0) is 43.5 Å². The molecular weight excluding hydrogens is 266 g/mol. The van der Waals surface area contributed by atoms with E-state index in [2.05, 4.69) is 44.7 Å². The van der Waals surface area contributed by atoms with E-state index >= 15 is 0 Å². The van der Waals surface area contributed by atoms with Crippen molar-refractivity contribution in [2.24, 2.45) is 0 Å². The van der Waals surface area contributed by atoms with Gasteiger partial charge in [0, 0.05) is 29.2 Å². The number of nitrogens with zero attached hydrogens (tertiary/aromatic N) is 1. The molecule has 0 aromatic heterocycles. The molecular formula is C17H25NOS. The number of carbonyl (C=O) groups is 1. The molecule has 2 unspecified atom stereocenters. The highest BCUT2D eigenvalue weighted by Gasteiger charge is 2.24. The largest absolute Gasteiger partial charge is 0.294 e. The Bertz CT molecular complexity index is 502. The number of hydrogen-bond donors (Lipinski definition) is 0. The van der Waals surface area contributed by atoms with Gasteiger partial charge in [-0.1, -0.05) is 19.9 Å². The highest BCUT2D eigenvalue weighted by molar-refractivity contribution is 8.00. The molecule has 0 spiro atoms. The van der Waals surface area contributed by atoms with Crippen LogP contribution in [0, 0.1) is 20.8 Å². The van der Waals surface area contributed by atoms with E-state index in [1.54, 1.807) is 0 Å². The van der Waals surface area contributed by atoms with E-state index in [-0.39, 0.29) is 5.78 Å². The molecule has 1 aromatic rings. The summed E-state index contributed by atoms with van der Waals surface area (Å²) in [6.45, 7) is 13.3. The fraction of sp³-hybridized carbons (Fsp3) is 0.588. The first-order valence-corrected chi connectivity index (χ1v) is 8.30. The van der Waals surface area contributed by atoms with Crippen LogP contribution in [-0.2, 0) is 0 Å². The third-order valence-corrected chi connectivity index (χ3v) is 5.23. The average Bonchev–Trinajstić information content (AvgIpc) is 2.32. The molecule has 1 aromatic carbocycles. The Labute approximate surface area is 126 Å². The summed E-state index contributed by atoms with van der Waals surface area (Å²) in [5.74, 6) is 0.261. The molecule has 0 N–H and O–H groups in total. The first-order valence-electron chi connectivity index (χ1n) is 7.35. The topological polar surface area (TPSA) is 20.3 Å². The summed E-state index contributed by atoms with van der Waals surface area (Å²) >= 11 is 2.02. The number of ketones is 1. The van der Waals surface area contributed by atoms with Crippen molar-refractivity contribution in [3.63, 3.8) is 0 Å². The molecule has 0 aliphatic carbocycles. The van der Waals surface area contributed by atoms with Crippen LogP contribution in [-0.4, -0.2) is 40.8 Å². The number of rotatable bonds is 3. The Morgan fingerprint density at radius 2 is 1.65 bits per heavy atom. The van der Waals surface area contributed by atoms with Gasteiger partial charge in [-0.25, -0.2) is 0 Å². The molecule has 0 bridgehead atoms. The molecule has 0 saturated carbocycles. The van der Waals surface area contributed by atoms with Crippen molar-refractivity contribution >= 4 is 17.5 Å². The maximum Gasteiger partial charge on any atom is 0.177 e. The van der Waals surface area contributed by atoms with Gasteiger partial charge in [0.2, 0.25) is 0 Å². The molecule has 1 heterocycles. The second-order valence-electron chi connectivity index (χ2n) is 6.13. The molecule has 1 aliphatic heterocycles. The first kappa shape index (κ1) is 15.6. The average molecular weight is 291 g/mol. The zero-order chi connectivity index (χ0) is 14.9. The van der Waals surface area contributed by atoms with E-state index in [4.69, 9.17) is 0 Å². The molecule has 1 aliphatic rings. The van der Waals surface area contributed by atoms with E-state index in [1.807, 2.05) is 18.7 Å². The Hall–Kier alpha value is -0.800. The van der Waals surface area contributed by atoms with Crippen molar-refractivity contribution in [2.75, 3.05) is 19.6 Å². The first-order chi connectivity index (χ1) is 9.36. The smallest absolute Gasteiger partial charge is 0.177 e. The molecule has 1 fully saturated rings. The monoisotopic (exact) mass is 291 g/mol. The minimum Gasteiger partial charge on any atom is -0.294 e. The van der Waals surface area contributed by atoms with Gasteiger partial charge in [0.1, 0.15) is 0 Å². The Balaban J connectivity index is 2.10. The van der Waals surface area contributed by atoms with E-state index in [0.717, 1.165) is 24.2 Å². The second-order valence-corrected chi connectivity index (χ2v) is 8.01. The van der Waals surface area contributed by atoms with Crippen molar-refractivity contribution in [3.8, 4) is 0 Å². The Morgan fingerprint density at radius 1 is 1.10 bits per heavy atom. The number of hydrogen-bond acceptors (Lipinski definition) is 3. The SMILES string of the molecule is Cc1cc(C)c(C(=O)CN2CC(C)SC(C)C2)cc1C. The summed E-state index contributed by atoms with van der Waals surface area (Å²) in [6, 6.07) is 4.18.